The minimum atomic E-state index is -0.294. The van der Waals surface area contributed by atoms with Crippen LogP contribution in [0.25, 0.3) is 0 Å². The van der Waals surface area contributed by atoms with Crippen LogP contribution in [0, 0.1) is 6.92 Å². The van der Waals surface area contributed by atoms with Crippen molar-refractivity contribution in [2.24, 2.45) is 0 Å². The van der Waals surface area contributed by atoms with Crippen molar-refractivity contribution in [1.82, 2.24) is 9.97 Å². The third-order valence-corrected chi connectivity index (χ3v) is 4.20. The summed E-state index contributed by atoms with van der Waals surface area (Å²) < 4.78 is 0. The summed E-state index contributed by atoms with van der Waals surface area (Å²) in [6.45, 7) is 2.01. The number of benzene rings is 1. The Morgan fingerprint density at radius 2 is 1.92 bits per heavy atom. The Morgan fingerprint density at radius 3 is 2.60 bits per heavy atom. The quantitative estimate of drug-likeness (QED) is 0.738. The summed E-state index contributed by atoms with van der Waals surface area (Å²) in [5.74, 6) is 0.275. The zero-order valence-electron chi connectivity index (χ0n) is 13.7. The number of amides is 1. The molecule has 3 aromatic rings. The average Bonchev–Trinajstić information content (AvgIpc) is 3.11. The summed E-state index contributed by atoms with van der Waals surface area (Å²) in [7, 11) is 0. The Balaban J connectivity index is 1.57. The maximum Gasteiger partial charge on any atom is 0.276 e. The molecule has 0 saturated carbocycles. The van der Waals surface area contributed by atoms with Crippen LogP contribution >= 0.6 is 11.3 Å². The van der Waals surface area contributed by atoms with Crippen LogP contribution < -0.4 is 5.32 Å². The van der Waals surface area contributed by atoms with E-state index in [0.29, 0.717) is 24.4 Å². The van der Waals surface area contributed by atoms with Crippen LogP contribution in [-0.4, -0.2) is 21.7 Å². The molecule has 25 heavy (non-hydrogen) atoms. The number of Topliss-reactive ketones (excluding diaryl/α,β-unsaturated/α-hetero) is 1. The first-order valence-corrected chi connectivity index (χ1v) is 8.76. The molecule has 0 spiro atoms. The molecule has 0 bridgehead atoms. The number of aryl methyl sites for hydroxylation is 1. The Kier molecular flexibility index (Phi) is 5.30. The molecule has 1 N–H and O–H groups in total. The third kappa shape index (κ3) is 4.81. The second-order valence-corrected chi connectivity index (χ2v) is 6.48. The van der Waals surface area contributed by atoms with Gasteiger partial charge in [-0.1, -0.05) is 35.9 Å². The van der Waals surface area contributed by atoms with Gasteiger partial charge in [-0.2, -0.15) is 0 Å². The number of anilines is 1. The van der Waals surface area contributed by atoms with Gasteiger partial charge in [-0.05, 0) is 24.1 Å². The SMILES string of the molecule is Cc1cccc(CC(=O)Cc2ccc(NC(=O)c3cscn3)nc2)c1. The maximum absolute atomic E-state index is 12.2. The normalized spacial score (nSPS) is 10.4. The highest BCUT2D eigenvalue weighted by molar-refractivity contribution is 7.07. The lowest BCUT2D eigenvalue weighted by atomic mass is 10.0. The number of nitrogens with one attached hydrogen (secondary N) is 1. The molecule has 1 amide bonds. The van der Waals surface area contributed by atoms with Crippen LogP contribution in [0.2, 0.25) is 0 Å². The van der Waals surface area contributed by atoms with E-state index in [1.54, 1.807) is 29.2 Å². The van der Waals surface area contributed by atoms with Crippen LogP contribution in [0.4, 0.5) is 5.82 Å². The van der Waals surface area contributed by atoms with Gasteiger partial charge >= 0.3 is 0 Å². The Bertz CT molecular complexity index is 874. The summed E-state index contributed by atoms with van der Waals surface area (Å²) in [4.78, 5) is 32.3. The molecule has 126 valence electrons. The van der Waals surface area contributed by atoms with E-state index < -0.39 is 0 Å². The predicted molar refractivity (Wildman–Crippen MR) is 97.9 cm³/mol. The van der Waals surface area contributed by atoms with Gasteiger partial charge in [-0.15, -0.1) is 11.3 Å². The van der Waals surface area contributed by atoms with Gasteiger partial charge in [-0.25, -0.2) is 9.97 Å². The van der Waals surface area contributed by atoms with Crippen molar-refractivity contribution in [3.8, 4) is 0 Å². The zero-order valence-corrected chi connectivity index (χ0v) is 14.5. The molecule has 6 heteroatoms. The van der Waals surface area contributed by atoms with Crippen LogP contribution in [-0.2, 0) is 17.6 Å². The number of thiazole rings is 1. The highest BCUT2D eigenvalue weighted by Crippen LogP contribution is 2.11. The third-order valence-electron chi connectivity index (χ3n) is 3.62. The van der Waals surface area contributed by atoms with Gasteiger partial charge in [0, 0.05) is 24.4 Å². The van der Waals surface area contributed by atoms with Crippen LogP contribution in [0.1, 0.15) is 27.2 Å². The van der Waals surface area contributed by atoms with Crippen molar-refractivity contribution < 1.29 is 9.59 Å². The smallest absolute Gasteiger partial charge is 0.276 e. The summed E-state index contributed by atoms with van der Waals surface area (Å²) in [5.41, 5.74) is 4.96. The van der Waals surface area contributed by atoms with Gasteiger partial charge < -0.3 is 5.32 Å². The molecule has 0 radical (unpaired) electrons. The largest absolute Gasteiger partial charge is 0.305 e. The fourth-order valence-corrected chi connectivity index (χ4v) is 2.98. The van der Waals surface area contributed by atoms with Crippen molar-refractivity contribution in [2.75, 3.05) is 5.32 Å². The number of carbonyl (C=O) groups is 2. The number of hydrogen-bond donors (Lipinski definition) is 1. The van der Waals surface area contributed by atoms with Crippen molar-refractivity contribution in [1.29, 1.82) is 0 Å². The maximum atomic E-state index is 12.2. The van der Waals surface area contributed by atoms with E-state index in [1.165, 1.54) is 11.3 Å². The van der Waals surface area contributed by atoms with Crippen LogP contribution in [0.3, 0.4) is 0 Å². The van der Waals surface area contributed by atoms with E-state index in [-0.39, 0.29) is 11.7 Å². The molecule has 0 aliphatic heterocycles. The molecule has 3 rings (SSSR count). The van der Waals surface area contributed by atoms with E-state index in [2.05, 4.69) is 15.3 Å². The number of ketones is 1. The highest BCUT2D eigenvalue weighted by atomic mass is 32.1. The molecular weight excluding hydrogens is 334 g/mol. The lowest BCUT2D eigenvalue weighted by Gasteiger charge is -2.05. The number of pyridine rings is 1. The Hall–Kier alpha value is -2.86. The van der Waals surface area contributed by atoms with Crippen molar-refractivity contribution in [3.05, 3.63) is 75.9 Å². The average molecular weight is 351 g/mol. The minimum absolute atomic E-state index is 0.131. The minimum Gasteiger partial charge on any atom is -0.305 e. The molecule has 0 aliphatic carbocycles. The number of aromatic nitrogens is 2. The van der Waals surface area contributed by atoms with E-state index >= 15 is 0 Å². The monoisotopic (exact) mass is 351 g/mol. The molecular formula is C19H17N3O2S. The van der Waals surface area contributed by atoms with Gasteiger partial charge in [0.25, 0.3) is 5.91 Å². The number of rotatable bonds is 6. The molecule has 2 heterocycles. The fourth-order valence-electron chi connectivity index (χ4n) is 2.45. The summed E-state index contributed by atoms with van der Waals surface area (Å²) in [6.07, 6.45) is 2.34. The summed E-state index contributed by atoms with van der Waals surface area (Å²) in [5, 5.41) is 4.35. The number of carbonyl (C=O) groups excluding carboxylic acids is 2. The molecule has 0 unspecified atom stereocenters. The molecule has 0 fully saturated rings. The number of nitrogens with zero attached hydrogens (tertiary/aromatic N) is 2. The summed E-state index contributed by atoms with van der Waals surface area (Å²) in [6, 6.07) is 11.4. The van der Waals surface area contributed by atoms with E-state index in [9.17, 15) is 9.59 Å². The van der Waals surface area contributed by atoms with Gasteiger partial charge in [-0.3, -0.25) is 9.59 Å². The van der Waals surface area contributed by atoms with Crippen molar-refractivity contribution >= 4 is 28.8 Å². The first kappa shape index (κ1) is 17.0. The van der Waals surface area contributed by atoms with Crippen LogP contribution in [0.5, 0.6) is 0 Å². The van der Waals surface area contributed by atoms with Crippen molar-refractivity contribution in [3.63, 3.8) is 0 Å². The standard InChI is InChI=1S/C19H17N3O2S/c1-13-3-2-4-14(7-13)8-16(23)9-15-5-6-18(20-10-15)22-19(24)17-11-25-12-21-17/h2-7,10-12H,8-9H2,1H3,(H,20,22,24). The number of hydrogen-bond acceptors (Lipinski definition) is 5. The fraction of sp³-hybridized carbons (Fsp3) is 0.158. The molecule has 5 nitrogen and oxygen atoms in total. The molecule has 0 atom stereocenters. The highest BCUT2D eigenvalue weighted by Gasteiger charge is 2.10. The lowest BCUT2D eigenvalue weighted by Crippen LogP contribution is -2.13. The first-order valence-electron chi connectivity index (χ1n) is 7.82. The van der Waals surface area contributed by atoms with E-state index in [1.807, 2.05) is 31.2 Å². The zero-order chi connectivity index (χ0) is 17.6. The molecule has 1 aromatic carbocycles. The lowest BCUT2D eigenvalue weighted by molar-refractivity contribution is -0.117. The van der Waals surface area contributed by atoms with Crippen LogP contribution in [0.15, 0.2) is 53.5 Å². The second-order valence-electron chi connectivity index (χ2n) is 5.76. The van der Waals surface area contributed by atoms with E-state index in [0.717, 1.165) is 16.7 Å². The van der Waals surface area contributed by atoms with Gasteiger partial charge in [0.05, 0.1) is 5.51 Å². The van der Waals surface area contributed by atoms with E-state index in [4.69, 9.17) is 0 Å². The predicted octanol–water partition coefficient (Wildman–Crippen LogP) is 3.45. The van der Waals surface area contributed by atoms with Crippen molar-refractivity contribution in [2.45, 2.75) is 19.8 Å². The molecule has 2 aromatic heterocycles. The summed E-state index contributed by atoms with van der Waals surface area (Å²) >= 11 is 1.36. The van der Waals surface area contributed by atoms with Gasteiger partial charge in [0.15, 0.2) is 0 Å². The molecule has 0 saturated heterocycles. The topological polar surface area (TPSA) is 72.0 Å². The first-order chi connectivity index (χ1) is 12.1. The van der Waals surface area contributed by atoms with Gasteiger partial charge in [0.2, 0.25) is 0 Å². The molecule has 0 aliphatic rings. The Labute approximate surface area is 149 Å². The van der Waals surface area contributed by atoms with Gasteiger partial charge in [0.1, 0.15) is 17.3 Å². The Morgan fingerprint density at radius 1 is 1.08 bits per heavy atom. The second kappa shape index (κ2) is 7.81.